The summed E-state index contributed by atoms with van der Waals surface area (Å²) in [5, 5.41) is 3.41. The van der Waals surface area contributed by atoms with Crippen molar-refractivity contribution in [2.24, 2.45) is 4.99 Å². The number of carbonyl (C=O) groups is 1. The van der Waals surface area contributed by atoms with Crippen molar-refractivity contribution in [3.05, 3.63) is 92.3 Å². The third kappa shape index (κ3) is 6.55. The van der Waals surface area contributed by atoms with Gasteiger partial charge < -0.3 is 14.8 Å². The number of aryl methyl sites for hydroxylation is 2. The van der Waals surface area contributed by atoms with Gasteiger partial charge in [-0.1, -0.05) is 64.8 Å². The summed E-state index contributed by atoms with van der Waals surface area (Å²) in [5.41, 5.74) is 5.17. The third-order valence-corrected chi connectivity index (χ3v) is 6.99. The molecule has 35 heavy (non-hydrogen) atoms. The van der Waals surface area contributed by atoms with Crippen molar-refractivity contribution < 1.29 is 14.3 Å². The average molecular weight is 552 g/mol. The molecule has 1 aliphatic heterocycles. The first-order chi connectivity index (χ1) is 16.9. The molecule has 3 aromatic rings. The van der Waals surface area contributed by atoms with Crippen molar-refractivity contribution in [2.75, 3.05) is 6.61 Å². The normalized spacial score (nSPS) is 15.5. The highest BCUT2D eigenvalue weighted by Gasteiger charge is 2.24. The molecule has 0 aliphatic carbocycles. The first-order valence-electron chi connectivity index (χ1n) is 11.5. The van der Waals surface area contributed by atoms with Crippen LogP contribution in [0.15, 0.2) is 75.0 Å². The highest BCUT2D eigenvalue weighted by molar-refractivity contribution is 9.10. The van der Waals surface area contributed by atoms with Crippen LogP contribution in [0.1, 0.15) is 36.1 Å². The molecular formula is C28H27BrN2O3S. The van der Waals surface area contributed by atoms with Crippen LogP contribution in [0.3, 0.4) is 0 Å². The lowest BCUT2D eigenvalue weighted by molar-refractivity contribution is -0.115. The van der Waals surface area contributed by atoms with Gasteiger partial charge in [-0.25, -0.2) is 4.99 Å². The zero-order valence-corrected chi connectivity index (χ0v) is 22.3. The molecule has 1 saturated heterocycles. The molecule has 5 nitrogen and oxygen atoms in total. The van der Waals surface area contributed by atoms with Crippen LogP contribution >= 0.6 is 27.7 Å². The summed E-state index contributed by atoms with van der Waals surface area (Å²) in [6.45, 7) is 7.04. The van der Waals surface area contributed by atoms with Crippen molar-refractivity contribution in [1.82, 2.24) is 5.32 Å². The Labute approximate surface area is 218 Å². The lowest BCUT2D eigenvalue weighted by Gasteiger charge is -2.14. The second-order valence-corrected chi connectivity index (χ2v) is 9.91. The maximum atomic E-state index is 12.6. The third-order valence-electron chi connectivity index (χ3n) is 5.39. The van der Waals surface area contributed by atoms with Crippen LogP contribution in [0.5, 0.6) is 11.5 Å². The van der Waals surface area contributed by atoms with Gasteiger partial charge in [0, 0.05) is 4.47 Å². The quantitative estimate of drug-likeness (QED) is 0.301. The van der Waals surface area contributed by atoms with Crippen LogP contribution < -0.4 is 14.8 Å². The number of carbonyl (C=O) groups excluding carboxylic acids is 1. The van der Waals surface area contributed by atoms with Crippen LogP contribution in [0.25, 0.3) is 6.08 Å². The fourth-order valence-corrected chi connectivity index (χ4v) is 4.70. The molecule has 3 aromatic carbocycles. The summed E-state index contributed by atoms with van der Waals surface area (Å²) in [6, 6.07) is 20.0. The van der Waals surface area contributed by atoms with Gasteiger partial charge in [0.15, 0.2) is 16.7 Å². The maximum absolute atomic E-state index is 12.6. The number of aliphatic imine (C=N–C) groups is 1. The predicted octanol–water partition coefficient (Wildman–Crippen LogP) is 7.19. The Morgan fingerprint density at radius 1 is 0.971 bits per heavy atom. The molecule has 0 spiro atoms. The zero-order chi connectivity index (χ0) is 24.8. The Morgan fingerprint density at radius 3 is 2.34 bits per heavy atom. The van der Waals surface area contributed by atoms with E-state index in [2.05, 4.69) is 64.4 Å². The molecule has 0 aromatic heterocycles. The van der Waals surface area contributed by atoms with E-state index in [1.807, 2.05) is 49.4 Å². The summed E-state index contributed by atoms with van der Waals surface area (Å²) in [5.74, 6) is 1.09. The summed E-state index contributed by atoms with van der Waals surface area (Å²) < 4.78 is 12.7. The van der Waals surface area contributed by atoms with E-state index in [1.165, 1.54) is 22.9 Å². The van der Waals surface area contributed by atoms with Gasteiger partial charge in [0.25, 0.3) is 5.91 Å². The lowest BCUT2D eigenvalue weighted by Crippen LogP contribution is -2.19. The van der Waals surface area contributed by atoms with Crippen molar-refractivity contribution in [2.45, 2.75) is 33.8 Å². The largest absolute Gasteiger partial charge is 0.490 e. The van der Waals surface area contributed by atoms with Crippen LogP contribution in [-0.4, -0.2) is 17.7 Å². The van der Waals surface area contributed by atoms with Crippen molar-refractivity contribution in [3.63, 3.8) is 0 Å². The van der Waals surface area contributed by atoms with E-state index in [9.17, 15) is 4.79 Å². The predicted molar refractivity (Wildman–Crippen MR) is 147 cm³/mol. The molecule has 7 heteroatoms. The van der Waals surface area contributed by atoms with Crippen LogP contribution in [-0.2, 0) is 17.8 Å². The number of benzene rings is 3. The van der Waals surface area contributed by atoms with E-state index in [0.29, 0.717) is 34.8 Å². The first kappa shape index (κ1) is 25.1. The van der Waals surface area contributed by atoms with Gasteiger partial charge in [-0.05, 0) is 79.1 Å². The molecule has 0 atom stereocenters. The molecule has 0 bridgehead atoms. The number of rotatable bonds is 8. The smallest absolute Gasteiger partial charge is 0.264 e. The fraction of sp³-hybridized carbons (Fsp3) is 0.214. The Morgan fingerprint density at radius 2 is 1.66 bits per heavy atom. The molecule has 180 valence electrons. The average Bonchev–Trinajstić information content (AvgIpc) is 3.20. The van der Waals surface area contributed by atoms with Gasteiger partial charge in [0.2, 0.25) is 0 Å². The van der Waals surface area contributed by atoms with Crippen LogP contribution in [0.4, 0.5) is 5.69 Å². The molecule has 4 rings (SSSR count). The minimum absolute atomic E-state index is 0.177. The van der Waals surface area contributed by atoms with Gasteiger partial charge in [-0.2, -0.15) is 0 Å². The zero-order valence-electron chi connectivity index (χ0n) is 19.9. The Hall–Kier alpha value is -3.03. The van der Waals surface area contributed by atoms with Crippen molar-refractivity contribution in [3.8, 4) is 11.5 Å². The molecule has 1 N–H and O–H groups in total. The highest BCUT2D eigenvalue weighted by atomic mass is 79.9. The van der Waals surface area contributed by atoms with Gasteiger partial charge in [0.05, 0.1) is 17.2 Å². The van der Waals surface area contributed by atoms with Gasteiger partial charge in [-0.3, -0.25) is 4.79 Å². The number of ether oxygens (including phenoxy) is 2. The summed E-state index contributed by atoms with van der Waals surface area (Å²) in [6.07, 6.45) is 2.81. The number of amides is 1. The monoisotopic (exact) mass is 550 g/mol. The molecule has 0 radical (unpaired) electrons. The number of hydrogen-bond acceptors (Lipinski definition) is 5. The van der Waals surface area contributed by atoms with E-state index in [4.69, 9.17) is 9.47 Å². The molecule has 1 fully saturated rings. The molecule has 0 unspecified atom stereocenters. The van der Waals surface area contributed by atoms with E-state index >= 15 is 0 Å². The van der Waals surface area contributed by atoms with Gasteiger partial charge in [0.1, 0.15) is 6.61 Å². The molecule has 1 aliphatic rings. The van der Waals surface area contributed by atoms with E-state index in [1.54, 1.807) is 0 Å². The molecular weight excluding hydrogens is 524 g/mol. The second-order valence-electron chi connectivity index (χ2n) is 8.03. The Balaban J connectivity index is 1.53. The second kappa shape index (κ2) is 11.6. The number of amidine groups is 1. The lowest BCUT2D eigenvalue weighted by atomic mass is 10.1. The number of nitrogens with one attached hydrogen (secondary N) is 1. The number of hydrogen-bond donors (Lipinski definition) is 1. The van der Waals surface area contributed by atoms with E-state index in [-0.39, 0.29) is 5.91 Å². The Bertz CT molecular complexity index is 1270. The molecule has 1 amide bonds. The van der Waals surface area contributed by atoms with E-state index in [0.717, 1.165) is 27.7 Å². The number of thioether (sulfide) groups is 1. The number of nitrogens with zero attached hydrogens (tertiary/aromatic N) is 1. The summed E-state index contributed by atoms with van der Waals surface area (Å²) >= 11 is 4.94. The minimum Gasteiger partial charge on any atom is -0.490 e. The van der Waals surface area contributed by atoms with Gasteiger partial charge >= 0.3 is 0 Å². The minimum atomic E-state index is -0.177. The van der Waals surface area contributed by atoms with Crippen LogP contribution in [0.2, 0.25) is 0 Å². The van der Waals surface area contributed by atoms with Crippen LogP contribution in [0, 0.1) is 6.92 Å². The van der Waals surface area contributed by atoms with Gasteiger partial charge in [-0.15, -0.1) is 0 Å². The summed E-state index contributed by atoms with van der Waals surface area (Å²) in [7, 11) is 0. The topological polar surface area (TPSA) is 59.9 Å². The van der Waals surface area contributed by atoms with E-state index < -0.39 is 0 Å². The standard InChI is InChI=1S/C28H27BrN2O3S/c1-4-19-10-12-22(13-11-19)30-28-31-27(32)26(35-28)15-21-14-24(33-5-2)25(16-23(21)29)34-17-20-8-6-18(3)7-9-20/h6-16H,4-5,17H2,1-3H3,(H,30,31,32)/b26-15-. The van der Waals surface area contributed by atoms with Crippen molar-refractivity contribution in [1.29, 1.82) is 0 Å². The highest BCUT2D eigenvalue weighted by Crippen LogP contribution is 2.37. The maximum Gasteiger partial charge on any atom is 0.264 e. The molecule has 0 saturated carbocycles. The first-order valence-corrected chi connectivity index (χ1v) is 13.1. The molecule has 1 heterocycles. The Kier molecular flexibility index (Phi) is 8.31. The fourth-order valence-electron chi connectivity index (χ4n) is 3.43. The van der Waals surface area contributed by atoms with Crippen molar-refractivity contribution >= 4 is 50.5 Å². The summed E-state index contributed by atoms with van der Waals surface area (Å²) in [4.78, 5) is 17.7. The number of halogens is 1. The SMILES string of the molecule is CCOc1cc(/C=C2\SC(=Nc3ccc(CC)cc3)NC2=O)c(Br)cc1OCc1ccc(C)cc1.